The second kappa shape index (κ2) is 12.9. The molecule has 0 amide bonds. The van der Waals surface area contributed by atoms with Crippen LogP contribution in [-0.4, -0.2) is 12.6 Å². The highest BCUT2D eigenvalue weighted by Gasteiger charge is 2.03. The molecule has 108 valence electrons. The van der Waals surface area contributed by atoms with Crippen molar-refractivity contribution in [2.45, 2.75) is 85.0 Å². The van der Waals surface area contributed by atoms with Crippen LogP contribution in [0, 0.1) is 5.92 Å². The lowest BCUT2D eigenvalue weighted by Gasteiger charge is -2.06. The summed E-state index contributed by atoms with van der Waals surface area (Å²) in [5, 5.41) is 0. The van der Waals surface area contributed by atoms with Gasteiger partial charge in [-0.25, -0.2) is 0 Å². The van der Waals surface area contributed by atoms with Crippen LogP contribution in [0.3, 0.4) is 0 Å². The second-order valence-electron chi connectivity index (χ2n) is 5.63. The molecule has 0 rings (SSSR count). The third-order valence-electron chi connectivity index (χ3n) is 3.19. The summed E-state index contributed by atoms with van der Waals surface area (Å²) in [7, 11) is 0. The summed E-state index contributed by atoms with van der Waals surface area (Å²) in [6.07, 6.45) is 11.8. The molecule has 0 aliphatic carbocycles. The van der Waals surface area contributed by atoms with Gasteiger partial charge >= 0.3 is 5.97 Å². The molecule has 0 atom stereocenters. The molecule has 18 heavy (non-hydrogen) atoms. The fourth-order valence-electron chi connectivity index (χ4n) is 1.90. The lowest BCUT2D eigenvalue weighted by Crippen LogP contribution is -2.06. The predicted octanol–water partition coefficient (Wildman–Crippen LogP) is 5.11. The van der Waals surface area contributed by atoms with Gasteiger partial charge in [-0.1, -0.05) is 65.7 Å². The van der Waals surface area contributed by atoms with Gasteiger partial charge in [0.15, 0.2) is 0 Å². The first-order chi connectivity index (χ1) is 8.66. The van der Waals surface area contributed by atoms with E-state index in [-0.39, 0.29) is 5.97 Å². The Morgan fingerprint density at radius 3 is 2.06 bits per heavy atom. The minimum Gasteiger partial charge on any atom is -0.466 e. The number of hydrogen-bond donors (Lipinski definition) is 0. The molecule has 2 heteroatoms. The smallest absolute Gasteiger partial charge is 0.305 e. The molecule has 0 bridgehead atoms. The van der Waals surface area contributed by atoms with Crippen molar-refractivity contribution in [3.05, 3.63) is 0 Å². The normalized spacial score (nSPS) is 10.9. The monoisotopic (exact) mass is 256 g/mol. The van der Waals surface area contributed by atoms with Gasteiger partial charge in [-0.2, -0.15) is 0 Å². The maximum atomic E-state index is 11.3. The fraction of sp³-hybridized carbons (Fsp3) is 0.938. The number of carbonyl (C=O) groups is 1. The fourth-order valence-corrected chi connectivity index (χ4v) is 1.90. The van der Waals surface area contributed by atoms with Gasteiger partial charge in [0.2, 0.25) is 0 Å². The zero-order valence-electron chi connectivity index (χ0n) is 12.7. The van der Waals surface area contributed by atoms with E-state index < -0.39 is 0 Å². The molecule has 0 saturated carbocycles. The molecule has 0 spiro atoms. The largest absolute Gasteiger partial charge is 0.466 e. The second-order valence-corrected chi connectivity index (χ2v) is 5.63. The van der Waals surface area contributed by atoms with Gasteiger partial charge in [-0.15, -0.1) is 0 Å². The maximum Gasteiger partial charge on any atom is 0.305 e. The summed E-state index contributed by atoms with van der Waals surface area (Å²) in [5.41, 5.74) is 0. The van der Waals surface area contributed by atoms with Gasteiger partial charge in [0, 0.05) is 6.42 Å². The zero-order chi connectivity index (χ0) is 13.6. The number of esters is 1. The summed E-state index contributed by atoms with van der Waals surface area (Å²) in [4.78, 5) is 11.3. The highest BCUT2D eigenvalue weighted by molar-refractivity contribution is 5.69. The van der Waals surface area contributed by atoms with Crippen molar-refractivity contribution >= 4 is 5.97 Å². The van der Waals surface area contributed by atoms with Crippen LogP contribution in [0.25, 0.3) is 0 Å². The van der Waals surface area contributed by atoms with Crippen molar-refractivity contribution in [1.29, 1.82) is 0 Å². The van der Waals surface area contributed by atoms with Gasteiger partial charge in [-0.05, 0) is 18.8 Å². The molecular formula is C16H32O2. The number of hydrogen-bond acceptors (Lipinski definition) is 2. The Bertz CT molecular complexity index is 188. The summed E-state index contributed by atoms with van der Waals surface area (Å²) in [5.74, 6) is 0.562. The van der Waals surface area contributed by atoms with E-state index in [0.29, 0.717) is 18.9 Å². The van der Waals surface area contributed by atoms with Gasteiger partial charge in [0.1, 0.15) is 0 Å². The van der Waals surface area contributed by atoms with E-state index in [1.807, 2.05) is 0 Å². The molecule has 0 unspecified atom stereocenters. The Kier molecular flexibility index (Phi) is 12.5. The molecule has 0 fully saturated rings. The molecule has 0 saturated heterocycles. The number of rotatable bonds is 12. The predicted molar refractivity (Wildman–Crippen MR) is 77.6 cm³/mol. The Balaban J connectivity index is 3.12. The van der Waals surface area contributed by atoms with Crippen LogP contribution in [0.1, 0.15) is 85.0 Å². The van der Waals surface area contributed by atoms with Crippen molar-refractivity contribution in [1.82, 2.24) is 0 Å². The van der Waals surface area contributed by atoms with Crippen LogP contribution in [0.15, 0.2) is 0 Å². The van der Waals surface area contributed by atoms with Gasteiger partial charge in [0.25, 0.3) is 0 Å². The number of ether oxygens (including phenoxy) is 1. The molecule has 0 aliphatic heterocycles. The zero-order valence-corrected chi connectivity index (χ0v) is 12.7. The lowest BCUT2D eigenvalue weighted by molar-refractivity contribution is -0.144. The van der Waals surface area contributed by atoms with Gasteiger partial charge in [-0.3, -0.25) is 4.79 Å². The summed E-state index contributed by atoms with van der Waals surface area (Å²) in [6, 6.07) is 0. The molecule has 0 aromatic carbocycles. The maximum absolute atomic E-state index is 11.3. The van der Waals surface area contributed by atoms with Crippen molar-refractivity contribution in [2.24, 2.45) is 5.92 Å². The standard InChI is InChI=1S/C16H32O2/c1-4-5-6-7-8-9-10-11-14-18-16(17)13-12-15(2)3/h15H,4-14H2,1-3H3. The summed E-state index contributed by atoms with van der Waals surface area (Å²) >= 11 is 0. The van der Waals surface area contributed by atoms with E-state index >= 15 is 0 Å². The van der Waals surface area contributed by atoms with Crippen LogP contribution in [0.5, 0.6) is 0 Å². The Morgan fingerprint density at radius 2 is 1.50 bits per heavy atom. The van der Waals surface area contributed by atoms with E-state index in [0.717, 1.165) is 12.8 Å². The van der Waals surface area contributed by atoms with E-state index in [1.165, 1.54) is 44.9 Å². The molecule has 0 N–H and O–H groups in total. The molecule has 0 radical (unpaired) electrons. The van der Waals surface area contributed by atoms with Crippen molar-refractivity contribution in [3.63, 3.8) is 0 Å². The third-order valence-corrected chi connectivity index (χ3v) is 3.19. The van der Waals surface area contributed by atoms with Crippen LogP contribution in [-0.2, 0) is 9.53 Å². The van der Waals surface area contributed by atoms with Crippen LogP contribution in [0.2, 0.25) is 0 Å². The van der Waals surface area contributed by atoms with Crippen molar-refractivity contribution in [2.75, 3.05) is 6.61 Å². The molecular weight excluding hydrogens is 224 g/mol. The molecule has 0 heterocycles. The van der Waals surface area contributed by atoms with Crippen LogP contribution in [0.4, 0.5) is 0 Å². The van der Waals surface area contributed by atoms with E-state index in [2.05, 4.69) is 20.8 Å². The molecule has 2 nitrogen and oxygen atoms in total. The van der Waals surface area contributed by atoms with E-state index in [1.54, 1.807) is 0 Å². The lowest BCUT2D eigenvalue weighted by atomic mass is 10.1. The highest BCUT2D eigenvalue weighted by Crippen LogP contribution is 2.09. The van der Waals surface area contributed by atoms with E-state index in [9.17, 15) is 4.79 Å². The summed E-state index contributed by atoms with van der Waals surface area (Å²) in [6.45, 7) is 7.12. The van der Waals surface area contributed by atoms with Gasteiger partial charge in [0.05, 0.1) is 6.61 Å². The quantitative estimate of drug-likeness (QED) is 0.358. The topological polar surface area (TPSA) is 26.3 Å². The van der Waals surface area contributed by atoms with Crippen LogP contribution < -0.4 is 0 Å². The average molecular weight is 256 g/mol. The number of unbranched alkanes of at least 4 members (excludes halogenated alkanes) is 7. The minimum atomic E-state index is -0.0216. The van der Waals surface area contributed by atoms with Crippen molar-refractivity contribution < 1.29 is 9.53 Å². The average Bonchev–Trinajstić information content (AvgIpc) is 2.34. The molecule has 0 aromatic heterocycles. The first-order valence-corrected chi connectivity index (χ1v) is 7.82. The first-order valence-electron chi connectivity index (χ1n) is 7.82. The summed E-state index contributed by atoms with van der Waals surface area (Å²) < 4.78 is 5.20. The van der Waals surface area contributed by atoms with E-state index in [4.69, 9.17) is 4.74 Å². The Hall–Kier alpha value is -0.530. The third kappa shape index (κ3) is 13.5. The number of carbonyl (C=O) groups excluding carboxylic acids is 1. The van der Waals surface area contributed by atoms with Gasteiger partial charge < -0.3 is 4.74 Å². The minimum absolute atomic E-state index is 0.0216. The SMILES string of the molecule is CCCCCCCCCCOC(=O)CCC(C)C. The molecule has 0 aliphatic rings. The highest BCUT2D eigenvalue weighted by atomic mass is 16.5. The first kappa shape index (κ1) is 17.5. The Labute approximate surface area is 113 Å². The van der Waals surface area contributed by atoms with Crippen LogP contribution >= 0.6 is 0 Å². The Morgan fingerprint density at radius 1 is 0.944 bits per heavy atom. The molecule has 0 aromatic rings. The van der Waals surface area contributed by atoms with Crippen molar-refractivity contribution in [3.8, 4) is 0 Å².